The number of anilines is 1. The van der Waals surface area contributed by atoms with Gasteiger partial charge in [0.15, 0.2) is 0 Å². The summed E-state index contributed by atoms with van der Waals surface area (Å²) in [4.78, 5) is 2.53. The molecule has 1 aliphatic rings. The van der Waals surface area contributed by atoms with Crippen LogP contribution in [0.4, 0.5) is 5.69 Å². The maximum absolute atomic E-state index is 3.73. The lowest BCUT2D eigenvalue weighted by molar-refractivity contribution is 0.357. The van der Waals surface area contributed by atoms with Gasteiger partial charge >= 0.3 is 0 Å². The van der Waals surface area contributed by atoms with Gasteiger partial charge < -0.3 is 10.2 Å². The molecule has 0 radical (unpaired) electrons. The summed E-state index contributed by atoms with van der Waals surface area (Å²) in [5, 5.41) is 3.46. The van der Waals surface area contributed by atoms with Gasteiger partial charge in [0.2, 0.25) is 0 Å². The van der Waals surface area contributed by atoms with E-state index >= 15 is 0 Å². The molecule has 1 heterocycles. The van der Waals surface area contributed by atoms with Gasteiger partial charge in [-0.15, -0.1) is 0 Å². The van der Waals surface area contributed by atoms with Gasteiger partial charge in [0.05, 0.1) is 0 Å². The van der Waals surface area contributed by atoms with Crippen LogP contribution in [-0.2, 0) is 6.54 Å². The summed E-state index contributed by atoms with van der Waals surface area (Å²) in [5.74, 6) is 1.59. The highest BCUT2D eigenvalue weighted by Crippen LogP contribution is 2.29. The monoisotopic (exact) mass is 338 g/mol. The lowest BCUT2D eigenvalue weighted by atomic mass is 9.91. The molecule has 20 heavy (non-hydrogen) atoms. The van der Waals surface area contributed by atoms with Crippen LogP contribution in [0.5, 0.6) is 0 Å². The van der Waals surface area contributed by atoms with Gasteiger partial charge in [0.1, 0.15) is 0 Å². The third kappa shape index (κ3) is 4.23. The summed E-state index contributed by atoms with van der Waals surface area (Å²) < 4.78 is 1.23. The predicted molar refractivity (Wildman–Crippen MR) is 91.3 cm³/mol. The van der Waals surface area contributed by atoms with Crippen molar-refractivity contribution in [2.75, 3.05) is 24.5 Å². The van der Waals surface area contributed by atoms with Crippen molar-refractivity contribution in [1.82, 2.24) is 5.32 Å². The molecule has 1 saturated heterocycles. The Bertz CT molecular complexity index is 423. The van der Waals surface area contributed by atoms with E-state index in [4.69, 9.17) is 0 Å². The third-order valence-corrected chi connectivity index (χ3v) is 4.75. The highest BCUT2D eigenvalue weighted by molar-refractivity contribution is 9.10. The lowest BCUT2D eigenvalue weighted by Crippen LogP contribution is -2.38. The Labute approximate surface area is 132 Å². The second-order valence-corrected chi connectivity index (χ2v) is 7.16. The first-order chi connectivity index (χ1) is 9.60. The zero-order valence-corrected chi connectivity index (χ0v) is 14.5. The van der Waals surface area contributed by atoms with Crippen molar-refractivity contribution >= 4 is 21.6 Å². The summed E-state index contributed by atoms with van der Waals surface area (Å²) in [6.45, 7) is 11.3. The number of nitrogens with one attached hydrogen (secondary N) is 1. The van der Waals surface area contributed by atoms with Crippen LogP contribution in [0.2, 0.25) is 0 Å². The predicted octanol–water partition coefficient (Wildman–Crippen LogP) is 4.43. The average Bonchev–Trinajstić information content (AvgIpc) is 2.39. The Morgan fingerprint density at radius 3 is 2.55 bits per heavy atom. The molecular weight excluding hydrogens is 312 g/mol. The second-order valence-electron chi connectivity index (χ2n) is 6.30. The Hall–Kier alpha value is -0.540. The van der Waals surface area contributed by atoms with Crippen LogP contribution >= 0.6 is 15.9 Å². The first-order valence-electron chi connectivity index (χ1n) is 7.84. The van der Waals surface area contributed by atoms with Gasteiger partial charge in [-0.3, -0.25) is 0 Å². The molecule has 112 valence electrons. The third-order valence-electron chi connectivity index (χ3n) is 4.01. The molecule has 0 aliphatic carbocycles. The van der Waals surface area contributed by atoms with Gasteiger partial charge in [-0.05, 0) is 48.9 Å². The SMILES string of the molecule is CCCNCc1ccc(N2CC(C)CC(C)C2)cc1Br. The molecule has 0 spiro atoms. The van der Waals surface area contributed by atoms with Crippen LogP contribution in [0.1, 0.15) is 39.2 Å². The number of piperidine rings is 1. The minimum Gasteiger partial charge on any atom is -0.371 e. The molecular formula is C17H27BrN2. The molecule has 3 heteroatoms. The molecule has 0 bridgehead atoms. The summed E-state index contributed by atoms with van der Waals surface area (Å²) in [6, 6.07) is 6.82. The molecule has 1 N–H and O–H groups in total. The first-order valence-corrected chi connectivity index (χ1v) is 8.63. The maximum Gasteiger partial charge on any atom is 0.0377 e. The van der Waals surface area contributed by atoms with Crippen LogP contribution in [0.25, 0.3) is 0 Å². The zero-order valence-electron chi connectivity index (χ0n) is 13.0. The molecule has 2 nitrogen and oxygen atoms in total. The van der Waals surface area contributed by atoms with Crippen molar-refractivity contribution in [3.63, 3.8) is 0 Å². The van der Waals surface area contributed by atoms with Crippen LogP contribution in [0.15, 0.2) is 22.7 Å². The standard InChI is InChI=1S/C17H27BrN2/c1-4-7-19-10-15-5-6-16(9-17(15)18)20-11-13(2)8-14(3)12-20/h5-6,9,13-14,19H,4,7-8,10-12H2,1-3H3. The van der Waals surface area contributed by atoms with Gasteiger partial charge in [-0.1, -0.05) is 42.8 Å². The van der Waals surface area contributed by atoms with Crippen LogP contribution in [-0.4, -0.2) is 19.6 Å². The van der Waals surface area contributed by atoms with E-state index in [0.717, 1.165) is 24.9 Å². The molecule has 1 aliphatic heterocycles. The smallest absolute Gasteiger partial charge is 0.0377 e. The van der Waals surface area contributed by atoms with Gasteiger partial charge in [0.25, 0.3) is 0 Å². The van der Waals surface area contributed by atoms with Gasteiger partial charge in [-0.2, -0.15) is 0 Å². The molecule has 2 rings (SSSR count). The van der Waals surface area contributed by atoms with Crippen molar-refractivity contribution in [2.24, 2.45) is 11.8 Å². The number of hydrogen-bond donors (Lipinski definition) is 1. The van der Waals surface area contributed by atoms with E-state index in [1.54, 1.807) is 0 Å². The quantitative estimate of drug-likeness (QED) is 0.799. The molecule has 0 aromatic heterocycles. The average molecular weight is 339 g/mol. The van der Waals surface area contributed by atoms with E-state index in [9.17, 15) is 0 Å². The highest BCUT2D eigenvalue weighted by atomic mass is 79.9. The van der Waals surface area contributed by atoms with Crippen molar-refractivity contribution in [2.45, 2.75) is 40.2 Å². The lowest BCUT2D eigenvalue weighted by Gasteiger charge is -2.36. The van der Waals surface area contributed by atoms with Gasteiger partial charge in [-0.25, -0.2) is 0 Å². The Morgan fingerprint density at radius 1 is 1.25 bits per heavy atom. The van der Waals surface area contributed by atoms with Crippen molar-refractivity contribution in [1.29, 1.82) is 0 Å². The number of rotatable bonds is 5. The number of halogens is 1. The Balaban J connectivity index is 2.04. The van der Waals surface area contributed by atoms with E-state index < -0.39 is 0 Å². The molecule has 2 unspecified atom stereocenters. The Morgan fingerprint density at radius 2 is 1.95 bits per heavy atom. The first kappa shape index (κ1) is 15.8. The van der Waals surface area contributed by atoms with Gasteiger partial charge in [0, 0.05) is 29.8 Å². The summed E-state index contributed by atoms with van der Waals surface area (Å²) in [6.07, 6.45) is 2.54. The minimum atomic E-state index is 0.795. The fraction of sp³-hybridized carbons (Fsp3) is 0.647. The number of nitrogens with zero attached hydrogens (tertiary/aromatic N) is 1. The van der Waals surface area contributed by atoms with Crippen molar-refractivity contribution in [3.05, 3.63) is 28.2 Å². The van der Waals surface area contributed by atoms with Crippen LogP contribution < -0.4 is 10.2 Å². The van der Waals surface area contributed by atoms with E-state index in [0.29, 0.717) is 0 Å². The maximum atomic E-state index is 3.73. The zero-order chi connectivity index (χ0) is 14.5. The number of benzene rings is 1. The van der Waals surface area contributed by atoms with Crippen molar-refractivity contribution < 1.29 is 0 Å². The minimum absolute atomic E-state index is 0.795. The molecule has 1 aromatic rings. The molecule has 1 aromatic carbocycles. The fourth-order valence-corrected chi connectivity index (χ4v) is 3.66. The molecule has 0 amide bonds. The Kier molecular flexibility index (Phi) is 5.91. The van der Waals surface area contributed by atoms with E-state index in [-0.39, 0.29) is 0 Å². The number of hydrogen-bond acceptors (Lipinski definition) is 2. The van der Waals surface area contributed by atoms with E-state index in [1.807, 2.05) is 0 Å². The van der Waals surface area contributed by atoms with E-state index in [2.05, 4.69) is 65.1 Å². The second kappa shape index (κ2) is 7.46. The molecule has 2 atom stereocenters. The molecule has 0 saturated carbocycles. The largest absolute Gasteiger partial charge is 0.371 e. The topological polar surface area (TPSA) is 15.3 Å². The fourth-order valence-electron chi connectivity index (χ4n) is 3.15. The van der Waals surface area contributed by atoms with Crippen molar-refractivity contribution in [3.8, 4) is 0 Å². The summed E-state index contributed by atoms with van der Waals surface area (Å²) in [7, 11) is 0. The normalized spacial score (nSPS) is 23.1. The highest BCUT2D eigenvalue weighted by Gasteiger charge is 2.22. The molecule has 1 fully saturated rings. The van der Waals surface area contributed by atoms with Crippen LogP contribution in [0, 0.1) is 11.8 Å². The summed E-state index contributed by atoms with van der Waals surface area (Å²) in [5.41, 5.74) is 2.70. The van der Waals surface area contributed by atoms with E-state index in [1.165, 1.54) is 41.7 Å². The summed E-state index contributed by atoms with van der Waals surface area (Å²) >= 11 is 3.73. The van der Waals surface area contributed by atoms with Crippen LogP contribution in [0.3, 0.4) is 0 Å².